The summed E-state index contributed by atoms with van der Waals surface area (Å²) in [5, 5.41) is 15.4. The Hall–Kier alpha value is -3.40. The van der Waals surface area contributed by atoms with Crippen molar-refractivity contribution in [1.82, 2.24) is 15.6 Å². The van der Waals surface area contributed by atoms with Gasteiger partial charge in [-0.25, -0.2) is 4.98 Å². The van der Waals surface area contributed by atoms with Gasteiger partial charge in [0.25, 0.3) is 0 Å². The van der Waals surface area contributed by atoms with Gasteiger partial charge in [0.15, 0.2) is 0 Å². The van der Waals surface area contributed by atoms with E-state index in [0.29, 0.717) is 25.1 Å². The van der Waals surface area contributed by atoms with E-state index in [2.05, 4.69) is 26.6 Å². The van der Waals surface area contributed by atoms with Crippen molar-refractivity contribution in [2.45, 2.75) is 52.1 Å². The van der Waals surface area contributed by atoms with E-state index in [1.807, 2.05) is 50.2 Å². The summed E-state index contributed by atoms with van der Waals surface area (Å²) in [6.07, 6.45) is 1.95. The maximum absolute atomic E-state index is 12.9. The average Bonchev–Trinajstić information content (AvgIpc) is 2.74. The van der Waals surface area contributed by atoms with Crippen LogP contribution < -0.4 is 15.5 Å². The van der Waals surface area contributed by atoms with Crippen LogP contribution in [0.4, 0.5) is 5.82 Å². The van der Waals surface area contributed by atoms with Gasteiger partial charge in [-0.2, -0.15) is 5.26 Å². The van der Waals surface area contributed by atoms with Gasteiger partial charge in [-0.1, -0.05) is 30.3 Å². The highest BCUT2D eigenvalue weighted by Gasteiger charge is 2.27. The second-order valence-corrected chi connectivity index (χ2v) is 8.10. The van der Waals surface area contributed by atoms with Crippen molar-refractivity contribution < 1.29 is 9.59 Å². The topological polar surface area (TPSA) is 98.1 Å². The standard InChI is InChI=1S/C24H29N5O2/c1-16-13-17(2)26-23(21(16)15-25)29-11-9-20(10-12-29)28-24(31)22(27-18(3)30)14-19-7-5-4-6-8-19/h4-8,13,20,22H,9-12,14H2,1-3H3,(H,27,30)(H,28,31)/t22-/m0/s1. The molecule has 1 aliphatic heterocycles. The molecule has 1 fully saturated rings. The average molecular weight is 420 g/mol. The Bertz CT molecular complexity index is 975. The summed E-state index contributed by atoms with van der Waals surface area (Å²) in [6, 6.07) is 13.3. The normalized spacial score (nSPS) is 15.1. The van der Waals surface area contributed by atoms with Crippen LogP contribution in [0.2, 0.25) is 0 Å². The number of hydrogen-bond acceptors (Lipinski definition) is 5. The Labute approximate surface area is 183 Å². The van der Waals surface area contributed by atoms with Crippen molar-refractivity contribution in [3.8, 4) is 6.07 Å². The summed E-state index contributed by atoms with van der Waals surface area (Å²) in [7, 11) is 0. The molecule has 2 N–H and O–H groups in total. The van der Waals surface area contributed by atoms with Crippen molar-refractivity contribution in [2.24, 2.45) is 0 Å². The molecule has 1 aliphatic rings. The van der Waals surface area contributed by atoms with E-state index in [9.17, 15) is 14.9 Å². The van der Waals surface area contributed by atoms with Crippen LogP contribution >= 0.6 is 0 Å². The van der Waals surface area contributed by atoms with Crippen LogP contribution in [0.1, 0.15) is 42.1 Å². The Morgan fingerprint density at radius 3 is 2.52 bits per heavy atom. The third-order valence-corrected chi connectivity index (χ3v) is 5.55. The lowest BCUT2D eigenvalue weighted by atomic mass is 10.0. The zero-order chi connectivity index (χ0) is 22.4. The van der Waals surface area contributed by atoms with Crippen molar-refractivity contribution in [3.63, 3.8) is 0 Å². The van der Waals surface area contributed by atoms with E-state index in [-0.39, 0.29) is 17.9 Å². The number of carbonyl (C=O) groups excluding carboxylic acids is 2. The monoisotopic (exact) mass is 419 g/mol. The minimum atomic E-state index is -0.607. The van der Waals surface area contributed by atoms with Crippen molar-refractivity contribution in [3.05, 3.63) is 58.8 Å². The van der Waals surface area contributed by atoms with E-state index in [0.717, 1.165) is 35.5 Å². The molecule has 3 rings (SSSR count). The molecule has 2 amide bonds. The smallest absolute Gasteiger partial charge is 0.243 e. The molecule has 162 valence electrons. The van der Waals surface area contributed by atoms with Crippen LogP contribution in [-0.4, -0.2) is 42.0 Å². The Morgan fingerprint density at radius 1 is 1.23 bits per heavy atom. The summed E-state index contributed by atoms with van der Waals surface area (Å²) in [4.78, 5) is 31.2. The van der Waals surface area contributed by atoms with Gasteiger partial charge in [-0.15, -0.1) is 0 Å². The number of benzene rings is 1. The van der Waals surface area contributed by atoms with Crippen LogP contribution in [0, 0.1) is 25.2 Å². The first-order valence-corrected chi connectivity index (χ1v) is 10.6. The Morgan fingerprint density at radius 2 is 1.90 bits per heavy atom. The zero-order valence-electron chi connectivity index (χ0n) is 18.3. The van der Waals surface area contributed by atoms with Gasteiger partial charge in [0.1, 0.15) is 17.9 Å². The first-order valence-electron chi connectivity index (χ1n) is 10.6. The van der Waals surface area contributed by atoms with E-state index in [1.54, 1.807) is 0 Å². The molecule has 0 unspecified atom stereocenters. The number of anilines is 1. The van der Waals surface area contributed by atoms with Gasteiger partial charge < -0.3 is 15.5 Å². The number of rotatable bonds is 6. The molecule has 31 heavy (non-hydrogen) atoms. The van der Waals surface area contributed by atoms with Gasteiger partial charge in [-0.3, -0.25) is 9.59 Å². The predicted octanol–water partition coefficient (Wildman–Crippen LogP) is 2.40. The van der Waals surface area contributed by atoms with Crippen LogP contribution in [0.5, 0.6) is 0 Å². The lowest BCUT2D eigenvalue weighted by Crippen LogP contribution is -2.52. The molecule has 1 aromatic heterocycles. The first-order chi connectivity index (χ1) is 14.9. The lowest BCUT2D eigenvalue weighted by Gasteiger charge is -2.34. The van der Waals surface area contributed by atoms with E-state index < -0.39 is 6.04 Å². The van der Waals surface area contributed by atoms with Crippen LogP contribution in [0.3, 0.4) is 0 Å². The minimum Gasteiger partial charge on any atom is -0.355 e. The number of pyridine rings is 1. The molecule has 2 heterocycles. The molecule has 1 atom stereocenters. The summed E-state index contributed by atoms with van der Waals surface area (Å²) >= 11 is 0. The predicted molar refractivity (Wildman–Crippen MR) is 120 cm³/mol. The first kappa shape index (κ1) is 22.3. The Balaban J connectivity index is 1.62. The number of piperidine rings is 1. The number of nitriles is 1. The number of aromatic nitrogens is 1. The molecule has 2 aromatic rings. The summed E-state index contributed by atoms with van der Waals surface area (Å²) in [6.45, 7) is 6.70. The molecule has 7 heteroatoms. The number of hydrogen-bond donors (Lipinski definition) is 2. The van der Waals surface area contributed by atoms with Gasteiger partial charge in [0, 0.05) is 38.2 Å². The molecule has 1 aromatic carbocycles. The van der Waals surface area contributed by atoms with Gasteiger partial charge in [0.2, 0.25) is 11.8 Å². The quantitative estimate of drug-likeness (QED) is 0.749. The number of carbonyl (C=O) groups is 2. The fourth-order valence-electron chi connectivity index (χ4n) is 4.03. The molecular weight excluding hydrogens is 390 g/mol. The van der Waals surface area contributed by atoms with E-state index in [4.69, 9.17) is 0 Å². The maximum atomic E-state index is 12.9. The third kappa shape index (κ3) is 5.82. The molecule has 0 spiro atoms. The zero-order valence-corrected chi connectivity index (χ0v) is 18.3. The van der Waals surface area contributed by atoms with E-state index >= 15 is 0 Å². The highest BCUT2D eigenvalue weighted by atomic mass is 16.2. The number of amides is 2. The number of nitrogens with one attached hydrogen (secondary N) is 2. The van der Waals surface area contributed by atoms with Gasteiger partial charge in [-0.05, 0) is 43.9 Å². The van der Waals surface area contributed by atoms with Crippen molar-refractivity contribution in [2.75, 3.05) is 18.0 Å². The number of nitrogens with zero attached hydrogens (tertiary/aromatic N) is 3. The lowest BCUT2D eigenvalue weighted by molar-refractivity contribution is -0.128. The third-order valence-electron chi connectivity index (χ3n) is 5.55. The second-order valence-electron chi connectivity index (χ2n) is 8.10. The van der Waals surface area contributed by atoms with Crippen LogP contribution in [0.25, 0.3) is 0 Å². The molecule has 0 aliphatic carbocycles. The van der Waals surface area contributed by atoms with E-state index in [1.165, 1.54) is 6.92 Å². The minimum absolute atomic E-state index is 0.0206. The molecule has 7 nitrogen and oxygen atoms in total. The molecule has 0 saturated carbocycles. The largest absolute Gasteiger partial charge is 0.355 e. The van der Waals surface area contributed by atoms with Gasteiger partial charge >= 0.3 is 0 Å². The van der Waals surface area contributed by atoms with Crippen LogP contribution in [-0.2, 0) is 16.0 Å². The second kappa shape index (κ2) is 10.1. The summed E-state index contributed by atoms with van der Waals surface area (Å²) in [5.74, 6) is 0.334. The fraction of sp³-hybridized carbons (Fsp3) is 0.417. The maximum Gasteiger partial charge on any atom is 0.243 e. The highest BCUT2D eigenvalue weighted by molar-refractivity contribution is 5.87. The van der Waals surface area contributed by atoms with Crippen molar-refractivity contribution >= 4 is 17.6 Å². The molecule has 1 saturated heterocycles. The SMILES string of the molecule is CC(=O)N[C@@H](Cc1ccccc1)C(=O)NC1CCN(c2nc(C)cc(C)c2C#N)CC1. The molecular formula is C24H29N5O2. The molecule has 0 radical (unpaired) electrons. The van der Waals surface area contributed by atoms with Crippen molar-refractivity contribution in [1.29, 1.82) is 5.26 Å². The molecule has 0 bridgehead atoms. The number of aryl methyl sites for hydroxylation is 2. The summed E-state index contributed by atoms with van der Waals surface area (Å²) < 4.78 is 0. The van der Waals surface area contributed by atoms with Crippen LogP contribution in [0.15, 0.2) is 36.4 Å². The fourth-order valence-corrected chi connectivity index (χ4v) is 4.03. The Kier molecular flexibility index (Phi) is 7.24. The highest BCUT2D eigenvalue weighted by Crippen LogP contribution is 2.25. The summed E-state index contributed by atoms with van der Waals surface area (Å²) in [5.41, 5.74) is 3.43. The van der Waals surface area contributed by atoms with Gasteiger partial charge in [0.05, 0.1) is 5.56 Å².